The SMILES string of the molecule is C=CS(=O)(=O)c1ccc(S(=O)(=O)O)cc1N. The van der Waals surface area contributed by atoms with E-state index in [1.165, 1.54) is 0 Å². The lowest BCUT2D eigenvalue weighted by atomic mass is 10.3. The molecule has 0 amide bonds. The Morgan fingerprint density at radius 3 is 2.19 bits per heavy atom. The van der Waals surface area contributed by atoms with Crippen LogP contribution in [0.25, 0.3) is 0 Å². The molecule has 1 aromatic carbocycles. The first kappa shape index (κ1) is 12.7. The van der Waals surface area contributed by atoms with Crippen molar-refractivity contribution in [2.24, 2.45) is 0 Å². The Kier molecular flexibility index (Phi) is 3.08. The third-order valence-corrected chi connectivity index (χ3v) is 4.08. The highest BCUT2D eigenvalue weighted by molar-refractivity contribution is 7.94. The molecule has 0 radical (unpaired) electrons. The van der Waals surface area contributed by atoms with Crippen molar-refractivity contribution >= 4 is 25.6 Å². The molecule has 0 heterocycles. The van der Waals surface area contributed by atoms with Crippen molar-refractivity contribution < 1.29 is 21.4 Å². The van der Waals surface area contributed by atoms with Crippen LogP contribution in [0, 0.1) is 0 Å². The first-order chi connectivity index (χ1) is 7.18. The van der Waals surface area contributed by atoms with Gasteiger partial charge in [0.2, 0.25) is 9.84 Å². The molecular weight excluding hydrogens is 254 g/mol. The van der Waals surface area contributed by atoms with Gasteiger partial charge in [-0.2, -0.15) is 8.42 Å². The zero-order valence-electron chi connectivity index (χ0n) is 7.99. The van der Waals surface area contributed by atoms with E-state index in [4.69, 9.17) is 10.3 Å². The number of nitrogens with two attached hydrogens (primary N) is 1. The average molecular weight is 263 g/mol. The first-order valence-electron chi connectivity index (χ1n) is 3.93. The summed E-state index contributed by atoms with van der Waals surface area (Å²) in [6.45, 7) is 3.11. The molecule has 0 unspecified atom stereocenters. The van der Waals surface area contributed by atoms with Crippen molar-refractivity contribution in [3.63, 3.8) is 0 Å². The van der Waals surface area contributed by atoms with Gasteiger partial charge in [0.25, 0.3) is 10.1 Å². The lowest BCUT2D eigenvalue weighted by Crippen LogP contribution is -2.04. The first-order valence-corrected chi connectivity index (χ1v) is 6.91. The van der Waals surface area contributed by atoms with Crippen molar-refractivity contribution in [2.75, 3.05) is 5.73 Å². The van der Waals surface area contributed by atoms with E-state index < -0.39 is 24.9 Å². The van der Waals surface area contributed by atoms with Crippen LogP contribution in [0.2, 0.25) is 0 Å². The van der Waals surface area contributed by atoms with Crippen LogP contribution in [0.3, 0.4) is 0 Å². The Morgan fingerprint density at radius 2 is 1.81 bits per heavy atom. The van der Waals surface area contributed by atoms with Crippen molar-refractivity contribution in [1.82, 2.24) is 0 Å². The van der Waals surface area contributed by atoms with Gasteiger partial charge in [-0.15, -0.1) is 0 Å². The molecule has 16 heavy (non-hydrogen) atoms. The summed E-state index contributed by atoms with van der Waals surface area (Å²) < 4.78 is 52.9. The zero-order valence-corrected chi connectivity index (χ0v) is 9.62. The minimum absolute atomic E-state index is 0.255. The molecule has 0 spiro atoms. The summed E-state index contributed by atoms with van der Waals surface area (Å²) in [4.78, 5) is -0.720. The molecule has 0 aliphatic carbocycles. The molecule has 0 aliphatic rings. The van der Waals surface area contributed by atoms with E-state index >= 15 is 0 Å². The van der Waals surface area contributed by atoms with Crippen LogP contribution >= 0.6 is 0 Å². The maximum absolute atomic E-state index is 11.4. The Hall–Kier alpha value is -1.38. The van der Waals surface area contributed by atoms with E-state index in [1.807, 2.05) is 0 Å². The second-order valence-electron chi connectivity index (χ2n) is 2.89. The standard InChI is InChI=1S/C8H9NO5S2/c1-2-15(10,11)8-4-3-6(5-7(8)9)16(12,13)14/h2-5H,1,9H2,(H,12,13,14). The van der Waals surface area contributed by atoms with E-state index in [0.29, 0.717) is 5.41 Å². The smallest absolute Gasteiger partial charge is 0.294 e. The van der Waals surface area contributed by atoms with Gasteiger partial charge in [0.05, 0.1) is 15.5 Å². The van der Waals surface area contributed by atoms with E-state index in [1.54, 1.807) is 0 Å². The van der Waals surface area contributed by atoms with Crippen LogP contribution in [0.1, 0.15) is 0 Å². The normalized spacial score (nSPS) is 12.3. The molecule has 1 rings (SSSR count). The highest BCUT2D eigenvalue weighted by atomic mass is 32.2. The molecule has 0 aliphatic heterocycles. The van der Waals surface area contributed by atoms with Gasteiger partial charge in [-0.1, -0.05) is 6.58 Å². The van der Waals surface area contributed by atoms with Crippen LogP contribution in [0.4, 0.5) is 5.69 Å². The molecule has 0 saturated heterocycles. The Bertz CT molecular complexity index is 630. The number of anilines is 1. The second kappa shape index (κ2) is 3.89. The number of rotatable bonds is 3. The molecule has 0 aromatic heterocycles. The molecule has 0 saturated carbocycles. The van der Waals surface area contributed by atoms with Crippen molar-refractivity contribution in [3.05, 3.63) is 30.2 Å². The van der Waals surface area contributed by atoms with E-state index in [2.05, 4.69) is 6.58 Å². The summed E-state index contributed by atoms with van der Waals surface area (Å²) in [5, 5.41) is 0.700. The van der Waals surface area contributed by atoms with E-state index in [9.17, 15) is 16.8 Å². The summed E-state index contributed by atoms with van der Waals surface area (Å²) in [5.74, 6) is 0. The lowest BCUT2D eigenvalue weighted by molar-refractivity contribution is 0.483. The van der Waals surface area contributed by atoms with Gasteiger partial charge in [0, 0.05) is 5.41 Å². The van der Waals surface area contributed by atoms with Gasteiger partial charge >= 0.3 is 0 Å². The molecule has 1 aromatic rings. The number of nitrogen functional groups attached to an aromatic ring is 1. The summed E-state index contributed by atoms with van der Waals surface area (Å²) in [7, 11) is -8.12. The number of hydrogen-bond donors (Lipinski definition) is 2. The minimum Gasteiger partial charge on any atom is -0.398 e. The largest absolute Gasteiger partial charge is 0.398 e. The molecular formula is C8H9NO5S2. The number of benzene rings is 1. The monoisotopic (exact) mass is 263 g/mol. The zero-order chi connectivity index (χ0) is 12.6. The molecule has 88 valence electrons. The van der Waals surface area contributed by atoms with Gasteiger partial charge in [-0.3, -0.25) is 4.55 Å². The van der Waals surface area contributed by atoms with Crippen LogP contribution < -0.4 is 5.73 Å². The fourth-order valence-corrected chi connectivity index (χ4v) is 2.38. The van der Waals surface area contributed by atoms with Crippen LogP contribution in [0.15, 0.2) is 40.0 Å². The fraction of sp³-hybridized carbons (Fsp3) is 0. The minimum atomic E-state index is -4.39. The van der Waals surface area contributed by atoms with Crippen molar-refractivity contribution in [1.29, 1.82) is 0 Å². The summed E-state index contributed by atoms with van der Waals surface area (Å²) >= 11 is 0. The van der Waals surface area contributed by atoms with Gasteiger partial charge < -0.3 is 5.73 Å². The highest BCUT2D eigenvalue weighted by Crippen LogP contribution is 2.23. The summed E-state index contributed by atoms with van der Waals surface area (Å²) in [6.07, 6.45) is 0. The number of hydrogen-bond acceptors (Lipinski definition) is 5. The molecule has 0 bridgehead atoms. The Morgan fingerprint density at radius 1 is 1.25 bits per heavy atom. The maximum Gasteiger partial charge on any atom is 0.294 e. The van der Waals surface area contributed by atoms with E-state index in [-0.39, 0.29) is 10.6 Å². The van der Waals surface area contributed by atoms with E-state index in [0.717, 1.165) is 18.2 Å². The second-order valence-corrected chi connectivity index (χ2v) is 6.17. The highest BCUT2D eigenvalue weighted by Gasteiger charge is 2.17. The third-order valence-electron chi connectivity index (χ3n) is 1.81. The van der Waals surface area contributed by atoms with Gasteiger partial charge in [-0.05, 0) is 18.2 Å². The summed E-state index contributed by atoms with van der Waals surface area (Å²) in [6, 6.07) is 2.81. The predicted octanol–water partition coefficient (Wildman–Crippen LogP) is 0.433. The molecule has 0 fully saturated rings. The van der Waals surface area contributed by atoms with Crippen LogP contribution in [-0.4, -0.2) is 21.4 Å². The van der Waals surface area contributed by atoms with Gasteiger partial charge in [0.15, 0.2) is 0 Å². The molecule has 6 nitrogen and oxygen atoms in total. The van der Waals surface area contributed by atoms with Crippen molar-refractivity contribution in [2.45, 2.75) is 9.79 Å². The molecule has 8 heteroatoms. The quantitative estimate of drug-likeness (QED) is 0.603. The Balaban J connectivity index is 3.49. The van der Waals surface area contributed by atoms with Crippen molar-refractivity contribution in [3.8, 4) is 0 Å². The Labute approximate surface area is 93.1 Å². The van der Waals surface area contributed by atoms with Crippen LogP contribution in [-0.2, 0) is 20.0 Å². The number of sulfone groups is 1. The lowest BCUT2D eigenvalue weighted by Gasteiger charge is -2.05. The topological polar surface area (TPSA) is 115 Å². The third kappa shape index (κ3) is 2.40. The average Bonchev–Trinajstić information content (AvgIpc) is 2.16. The summed E-state index contributed by atoms with van der Waals surface area (Å²) in [5.41, 5.74) is 5.11. The molecule has 0 atom stereocenters. The van der Waals surface area contributed by atoms with Crippen LogP contribution in [0.5, 0.6) is 0 Å². The molecule has 3 N–H and O–H groups in total. The predicted molar refractivity (Wildman–Crippen MR) is 58.1 cm³/mol. The maximum atomic E-state index is 11.4. The fourth-order valence-electron chi connectivity index (χ4n) is 1.04. The van der Waals surface area contributed by atoms with Gasteiger partial charge in [-0.25, -0.2) is 8.42 Å². The van der Waals surface area contributed by atoms with Gasteiger partial charge in [0.1, 0.15) is 0 Å².